The van der Waals surface area contributed by atoms with Crippen LogP contribution in [0.4, 0.5) is 10.1 Å². The molecule has 4 unspecified atom stereocenters. The van der Waals surface area contributed by atoms with Crippen molar-refractivity contribution < 1.29 is 9.13 Å². The Balaban J connectivity index is 1.67. The molecule has 0 aliphatic carbocycles. The predicted molar refractivity (Wildman–Crippen MR) is 128 cm³/mol. The molecule has 6 N–H and O–H groups in total. The lowest BCUT2D eigenvalue weighted by Crippen LogP contribution is -2.78. The molecule has 2 aromatic carbocycles. The first-order valence-electron chi connectivity index (χ1n) is 11.6. The average Bonchev–Trinajstić information content (AvgIpc) is 3.28. The largest absolute Gasteiger partial charge is 0.494 e. The van der Waals surface area contributed by atoms with E-state index in [2.05, 4.69) is 16.7 Å². The molecule has 0 spiro atoms. The Hall–Kier alpha value is -2.27. The van der Waals surface area contributed by atoms with Gasteiger partial charge in [-0.15, -0.1) is 0 Å². The third kappa shape index (κ3) is 4.84. The van der Waals surface area contributed by atoms with E-state index < -0.39 is 24.7 Å². The quantitative estimate of drug-likeness (QED) is 0.577. The van der Waals surface area contributed by atoms with E-state index in [0.717, 1.165) is 31.5 Å². The second-order valence-corrected chi connectivity index (χ2v) is 8.75. The number of benzene rings is 2. The molecule has 33 heavy (non-hydrogen) atoms. The molecule has 4 atom stereocenters. The molecular formula is C24H36FN7O. The van der Waals surface area contributed by atoms with Crippen LogP contribution in [-0.4, -0.2) is 66.4 Å². The summed E-state index contributed by atoms with van der Waals surface area (Å²) < 4.78 is 19.7. The Bertz CT molecular complexity index is 917. The monoisotopic (exact) mass is 457 g/mol. The fourth-order valence-electron chi connectivity index (χ4n) is 5.06. The van der Waals surface area contributed by atoms with Gasteiger partial charge in [-0.1, -0.05) is 37.3 Å². The third-order valence-corrected chi connectivity index (χ3v) is 6.90. The minimum atomic E-state index is -0.634. The van der Waals surface area contributed by atoms with Crippen LogP contribution in [0.2, 0.25) is 0 Å². The highest BCUT2D eigenvalue weighted by Gasteiger charge is 2.43. The van der Waals surface area contributed by atoms with Crippen molar-refractivity contribution >= 4 is 5.69 Å². The number of nitrogens with two attached hydrogens (primary N) is 3. The van der Waals surface area contributed by atoms with Gasteiger partial charge in [-0.3, -0.25) is 16.4 Å². The van der Waals surface area contributed by atoms with Gasteiger partial charge >= 0.3 is 0 Å². The Labute approximate surface area is 195 Å². The number of hydrogen-bond acceptors (Lipinski definition) is 8. The molecule has 9 heteroatoms. The molecule has 0 aromatic heterocycles. The lowest BCUT2D eigenvalue weighted by Gasteiger charge is -2.55. The second kappa shape index (κ2) is 10.3. The first kappa shape index (κ1) is 23.9. The standard InChI is InChI=1S/C24H36FN7O/c1-3-29-13-7-10-19(29)16-31-22(26)30(15-17-8-5-4-6-9-17)23(27)32(24(31)28)18-11-12-21(33-2)20(25)14-18/h4-6,8-9,11-12,14,19,22-24H,3,7,10,13,15-16,26-28H2,1-2H3. The van der Waals surface area contributed by atoms with E-state index in [0.29, 0.717) is 24.8 Å². The van der Waals surface area contributed by atoms with Crippen LogP contribution in [0, 0.1) is 5.82 Å². The zero-order valence-corrected chi connectivity index (χ0v) is 19.5. The number of hydrogen-bond donors (Lipinski definition) is 3. The normalized spacial score (nSPS) is 27.3. The Morgan fingerprint density at radius 3 is 2.39 bits per heavy atom. The van der Waals surface area contributed by atoms with Crippen molar-refractivity contribution in [2.45, 2.75) is 51.2 Å². The van der Waals surface area contributed by atoms with Gasteiger partial charge in [0.05, 0.1) is 7.11 Å². The molecule has 4 rings (SSSR count). The third-order valence-electron chi connectivity index (χ3n) is 6.90. The van der Waals surface area contributed by atoms with Gasteiger partial charge < -0.3 is 15.4 Å². The molecular weight excluding hydrogens is 421 g/mol. The molecule has 2 heterocycles. The number of rotatable bonds is 7. The van der Waals surface area contributed by atoms with Crippen molar-refractivity contribution in [2.75, 3.05) is 31.6 Å². The van der Waals surface area contributed by atoms with Crippen molar-refractivity contribution in [1.82, 2.24) is 14.7 Å². The molecule has 0 amide bonds. The number of methoxy groups -OCH3 is 1. The Kier molecular flexibility index (Phi) is 7.48. The maximum Gasteiger partial charge on any atom is 0.167 e. The minimum absolute atomic E-state index is 0.178. The molecule has 2 saturated heterocycles. The number of likely N-dealkylation sites (tertiary alicyclic amines) is 1. The summed E-state index contributed by atoms with van der Waals surface area (Å²) in [6, 6.07) is 15.2. The summed E-state index contributed by atoms with van der Waals surface area (Å²) in [6.07, 6.45) is 0.552. The van der Waals surface area contributed by atoms with Crippen molar-refractivity contribution in [2.24, 2.45) is 17.2 Å². The predicted octanol–water partition coefficient (Wildman–Crippen LogP) is 1.67. The molecule has 0 saturated carbocycles. The van der Waals surface area contributed by atoms with Crippen LogP contribution >= 0.6 is 0 Å². The van der Waals surface area contributed by atoms with E-state index in [1.54, 1.807) is 12.1 Å². The zero-order chi connectivity index (χ0) is 23.5. The Morgan fingerprint density at radius 1 is 1.00 bits per heavy atom. The van der Waals surface area contributed by atoms with E-state index >= 15 is 0 Å². The molecule has 8 nitrogen and oxygen atoms in total. The van der Waals surface area contributed by atoms with Crippen molar-refractivity contribution in [3.05, 3.63) is 59.9 Å². The molecule has 180 valence electrons. The fraction of sp³-hybridized carbons (Fsp3) is 0.500. The molecule has 2 aliphatic rings. The van der Waals surface area contributed by atoms with Crippen LogP contribution in [0.25, 0.3) is 0 Å². The summed E-state index contributed by atoms with van der Waals surface area (Å²) in [7, 11) is 1.44. The van der Waals surface area contributed by atoms with Crippen LogP contribution in [0.5, 0.6) is 5.75 Å². The number of ether oxygens (including phenoxy) is 1. The van der Waals surface area contributed by atoms with E-state index in [9.17, 15) is 4.39 Å². The van der Waals surface area contributed by atoms with Crippen molar-refractivity contribution in [3.63, 3.8) is 0 Å². The highest BCUT2D eigenvalue weighted by Crippen LogP contribution is 2.31. The van der Waals surface area contributed by atoms with Crippen molar-refractivity contribution in [3.8, 4) is 5.75 Å². The van der Waals surface area contributed by atoms with Crippen LogP contribution in [0.15, 0.2) is 48.5 Å². The zero-order valence-electron chi connectivity index (χ0n) is 19.5. The first-order valence-corrected chi connectivity index (χ1v) is 11.6. The maximum atomic E-state index is 14.6. The Morgan fingerprint density at radius 2 is 1.73 bits per heavy atom. The van der Waals surface area contributed by atoms with E-state index in [-0.39, 0.29) is 5.75 Å². The maximum absolute atomic E-state index is 14.6. The highest BCUT2D eigenvalue weighted by molar-refractivity contribution is 5.51. The van der Waals surface area contributed by atoms with Crippen LogP contribution in [0.3, 0.4) is 0 Å². The molecule has 0 radical (unpaired) electrons. The number of anilines is 1. The molecule has 2 aliphatic heterocycles. The minimum Gasteiger partial charge on any atom is -0.494 e. The number of likely N-dealkylation sites (N-methyl/N-ethyl adjacent to an activating group) is 1. The van der Waals surface area contributed by atoms with Crippen LogP contribution < -0.4 is 26.8 Å². The van der Waals surface area contributed by atoms with Gasteiger partial charge in [-0.2, -0.15) is 0 Å². The molecule has 2 aromatic rings. The van der Waals surface area contributed by atoms with Gasteiger partial charge in [-0.25, -0.2) is 14.2 Å². The van der Waals surface area contributed by atoms with Gasteiger partial charge in [0, 0.05) is 30.9 Å². The van der Waals surface area contributed by atoms with E-state index in [1.165, 1.54) is 13.2 Å². The van der Waals surface area contributed by atoms with Gasteiger partial charge in [0.15, 0.2) is 11.6 Å². The van der Waals surface area contributed by atoms with Gasteiger partial charge in [0.25, 0.3) is 0 Å². The lowest BCUT2D eigenvalue weighted by molar-refractivity contribution is -0.0725. The smallest absolute Gasteiger partial charge is 0.167 e. The highest BCUT2D eigenvalue weighted by atomic mass is 19.1. The van der Waals surface area contributed by atoms with Crippen LogP contribution in [-0.2, 0) is 6.54 Å². The lowest BCUT2D eigenvalue weighted by atomic mass is 10.1. The summed E-state index contributed by atoms with van der Waals surface area (Å²) in [6.45, 7) is 5.51. The summed E-state index contributed by atoms with van der Waals surface area (Å²) in [5.41, 5.74) is 22.0. The fourth-order valence-corrected chi connectivity index (χ4v) is 5.06. The second-order valence-electron chi connectivity index (χ2n) is 8.75. The van der Waals surface area contributed by atoms with Crippen LogP contribution in [0.1, 0.15) is 25.3 Å². The van der Waals surface area contributed by atoms with E-state index in [1.807, 2.05) is 40.1 Å². The van der Waals surface area contributed by atoms with Crippen molar-refractivity contribution in [1.29, 1.82) is 0 Å². The summed E-state index contributed by atoms with van der Waals surface area (Å²) >= 11 is 0. The topological polar surface area (TPSA) is 100 Å². The molecule has 0 bridgehead atoms. The summed E-state index contributed by atoms with van der Waals surface area (Å²) in [5, 5.41) is 0. The van der Waals surface area contributed by atoms with Gasteiger partial charge in [0.1, 0.15) is 18.9 Å². The summed E-state index contributed by atoms with van der Waals surface area (Å²) in [5.74, 6) is -0.282. The van der Waals surface area contributed by atoms with Gasteiger partial charge in [0.2, 0.25) is 0 Å². The first-order chi connectivity index (χ1) is 15.9. The van der Waals surface area contributed by atoms with E-state index in [4.69, 9.17) is 21.9 Å². The number of nitrogens with zero attached hydrogens (tertiary/aromatic N) is 4. The average molecular weight is 458 g/mol. The molecule has 2 fully saturated rings. The number of halogens is 1. The SMILES string of the molecule is CCN1CCCC1CN1C(N)N(Cc2ccccc2)C(N)N(c2ccc(OC)c(F)c2)C1N. The summed E-state index contributed by atoms with van der Waals surface area (Å²) in [4.78, 5) is 8.38. The van der Waals surface area contributed by atoms with Gasteiger partial charge in [-0.05, 0) is 43.6 Å².